The largest absolute Gasteiger partial charge is 0.481 e. The molecule has 0 unspecified atom stereocenters. The summed E-state index contributed by atoms with van der Waals surface area (Å²) >= 11 is 0. The van der Waals surface area contributed by atoms with Crippen molar-refractivity contribution in [3.05, 3.63) is 35.3 Å². The molecule has 0 spiro atoms. The lowest BCUT2D eigenvalue weighted by molar-refractivity contribution is 0.102. The fourth-order valence-electron chi connectivity index (χ4n) is 1.72. The van der Waals surface area contributed by atoms with Crippen molar-refractivity contribution < 1.29 is 14.1 Å². The number of amides is 1. The Labute approximate surface area is 110 Å². The molecule has 0 aliphatic carbocycles. The number of rotatable bonds is 4. The first-order chi connectivity index (χ1) is 9.15. The van der Waals surface area contributed by atoms with Crippen LogP contribution in [0.3, 0.4) is 0 Å². The van der Waals surface area contributed by atoms with Crippen LogP contribution in [0.1, 0.15) is 28.7 Å². The Balaban J connectivity index is 2.18. The van der Waals surface area contributed by atoms with Crippen molar-refractivity contribution in [3.63, 3.8) is 0 Å². The Morgan fingerprint density at radius 1 is 1.47 bits per heavy atom. The van der Waals surface area contributed by atoms with Crippen LogP contribution >= 0.6 is 0 Å². The van der Waals surface area contributed by atoms with Gasteiger partial charge in [-0.05, 0) is 19.4 Å². The highest BCUT2D eigenvalue weighted by Gasteiger charge is 2.19. The van der Waals surface area contributed by atoms with Crippen LogP contribution in [0.5, 0.6) is 5.88 Å². The highest BCUT2D eigenvalue weighted by atomic mass is 16.5. The van der Waals surface area contributed by atoms with Gasteiger partial charge in [-0.15, -0.1) is 0 Å². The van der Waals surface area contributed by atoms with Gasteiger partial charge >= 0.3 is 0 Å². The van der Waals surface area contributed by atoms with E-state index >= 15 is 0 Å². The Hall–Kier alpha value is -2.37. The van der Waals surface area contributed by atoms with E-state index in [2.05, 4.69) is 15.5 Å². The summed E-state index contributed by atoms with van der Waals surface area (Å²) in [5, 5.41) is 6.61. The van der Waals surface area contributed by atoms with Crippen LogP contribution in [-0.4, -0.2) is 23.2 Å². The van der Waals surface area contributed by atoms with Gasteiger partial charge in [0.15, 0.2) is 0 Å². The maximum Gasteiger partial charge on any atom is 0.261 e. The SMILES string of the molecule is CCc1noc(C)c1C(=O)Nc1ccc(OC)nc1. The number of aryl methyl sites for hydroxylation is 2. The van der Waals surface area contributed by atoms with Crippen molar-refractivity contribution in [3.8, 4) is 5.88 Å². The zero-order valence-electron chi connectivity index (χ0n) is 11.1. The third-order valence-electron chi connectivity index (χ3n) is 2.70. The summed E-state index contributed by atoms with van der Waals surface area (Å²) in [6, 6.07) is 3.40. The van der Waals surface area contributed by atoms with Gasteiger partial charge in [-0.2, -0.15) is 0 Å². The van der Waals surface area contributed by atoms with Crippen molar-refractivity contribution in [2.75, 3.05) is 12.4 Å². The minimum Gasteiger partial charge on any atom is -0.481 e. The summed E-state index contributed by atoms with van der Waals surface area (Å²) in [5.74, 6) is 0.756. The van der Waals surface area contributed by atoms with Gasteiger partial charge in [0, 0.05) is 6.07 Å². The summed E-state index contributed by atoms with van der Waals surface area (Å²) in [6.45, 7) is 3.64. The number of anilines is 1. The molecule has 2 rings (SSSR count). The van der Waals surface area contributed by atoms with Crippen LogP contribution in [0.15, 0.2) is 22.9 Å². The van der Waals surface area contributed by atoms with E-state index in [9.17, 15) is 4.79 Å². The van der Waals surface area contributed by atoms with Crippen LogP contribution in [-0.2, 0) is 6.42 Å². The molecular formula is C13H15N3O3. The minimum absolute atomic E-state index is 0.248. The van der Waals surface area contributed by atoms with E-state index in [1.807, 2.05) is 6.92 Å². The van der Waals surface area contributed by atoms with Gasteiger partial charge in [0.25, 0.3) is 5.91 Å². The third kappa shape index (κ3) is 2.73. The van der Waals surface area contributed by atoms with Crippen molar-refractivity contribution >= 4 is 11.6 Å². The Morgan fingerprint density at radius 3 is 2.84 bits per heavy atom. The van der Waals surface area contributed by atoms with E-state index in [0.717, 1.165) is 0 Å². The van der Waals surface area contributed by atoms with Gasteiger partial charge in [0.1, 0.15) is 11.3 Å². The Bertz CT molecular complexity index is 575. The maximum absolute atomic E-state index is 12.2. The predicted molar refractivity (Wildman–Crippen MR) is 69.4 cm³/mol. The zero-order valence-corrected chi connectivity index (χ0v) is 11.1. The molecule has 2 aromatic rings. The van der Waals surface area contributed by atoms with Gasteiger partial charge in [-0.3, -0.25) is 4.79 Å². The second-order valence-electron chi connectivity index (χ2n) is 3.96. The molecule has 100 valence electrons. The molecule has 2 heterocycles. The first kappa shape index (κ1) is 13.1. The van der Waals surface area contributed by atoms with Crippen molar-refractivity contribution in [2.45, 2.75) is 20.3 Å². The fraction of sp³-hybridized carbons (Fsp3) is 0.308. The summed E-state index contributed by atoms with van der Waals surface area (Å²) in [5.41, 5.74) is 1.73. The van der Waals surface area contributed by atoms with Gasteiger partial charge in [0.05, 0.1) is 24.7 Å². The second-order valence-corrected chi connectivity index (χ2v) is 3.96. The van der Waals surface area contributed by atoms with Crippen LogP contribution in [0.2, 0.25) is 0 Å². The Morgan fingerprint density at radius 2 is 2.26 bits per heavy atom. The molecule has 0 aromatic carbocycles. The summed E-state index contributed by atoms with van der Waals surface area (Å²) in [4.78, 5) is 16.2. The van der Waals surface area contributed by atoms with E-state index in [0.29, 0.717) is 35.0 Å². The number of ether oxygens (including phenoxy) is 1. The highest BCUT2D eigenvalue weighted by molar-refractivity contribution is 6.05. The number of nitrogens with zero attached hydrogens (tertiary/aromatic N) is 2. The lowest BCUT2D eigenvalue weighted by Gasteiger charge is -2.05. The molecule has 0 fully saturated rings. The molecule has 19 heavy (non-hydrogen) atoms. The molecule has 1 N–H and O–H groups in total. The summed E-state index contributed by atoms with van der Waals surface area (Å²) < 4.78 is 9.99. The highest BCUT2D eigenvalue weighted by Crippen LogP contribution is 2.17. The standard InChI is InChI=1S/C13H15N3O3/c1-4-10-12(8(2)19-16-10)13(17)15-9-5-6-11(18-3)14-7-9/h5-7H,4H2,1-3H3,(H,15,17). The van der Waals surface area contributed by atoms with Crippen LogP contribution in [0.25, 0.3) is 0 Å². The van der Waals surface area contributed by atoms with Crippen molar-refractivity contribution in [2.24, 2.45) is 0 Å². The average Bonchev–Trinajstić information content (AvgIpc) is 2.80. The van der Waals surface area contributed by atoms with Crippen molar-refractivity contribution in [1.29, 1.82) is 0 Å². The summed E-state index contributed by atoms with van der Waals surface area (Å²) in [6.07, 6.45) is 2.17. The molecule has 0 saturated heterocycles. The van der Waals surface area contributed by atoms with Gasteiger partial charge < -0.3 is 14.6 Å². The predicted octanol–water partition coefficient (Wildman–Crippen LogP) is 2.20. The third-order valence-corrected chi connectivity index (χ3v) is 2.70. The number of pyridine rings is 1. The van der Waals surface area contributed by atoms with E-state index in [1.54, 1.807) is 19.1 Å². The molecule has 6 nitrogen and oxygen atoms in total. The van der Waals surface area contributed by atoms with Gasteiger partial charge in [0.2, 0.25) is 5.88 Å². The maximum atomic E-state index is 12.2. The smallest absolute Gasteiger partial charge is 0.261 e. The second kappa shape index (κ2) is 5.51. The molecule has 0 aliphatic rings. The van der Waals surface area contributed by atoms with Crippen LogP contribution < -0.4 is 10.1 Å². The van der Waals surface area contributed by atoms with E-state index in [1.165, 1.54) is 13.3 Å². The normalized spacial score (nSPS) is 10.3. The molecule has 0 bridgehead atoms. The minimum atomic E-state index is -0.248. The molecule has 0 aliphatic heterocycles. The first-order valence-corrected chi connectivity index (χ1v) is 5.92. The number of hydrogen-bond acceptors (Lipinski definition) is 5. The van der Waals surface area contributed by atoms with Gasteiger partial charge in [-0.1, -0.05) is 12.1 Å². The topological polar surface area (TPSA) is 77.2 Å². The molecule has 0 radical (unpaired) electrons. The summed E-state index contributed by atoms with van der Waals surface area (Å²) in [7, 11) is 1.54. The molecule has 0 saturated carbocycles. The average molecular weight is 261 g/mol. The quantitative estimate of drug-likeness (QED) is 0.912. The zero-order chi connectivity index (χ0) is 13.8. The number of aromatic nitrogens is 2. The molecule has 0 atom stereocenters. The van der Waals surface area contributed by atoms with E-state index < -0.39 is 0 Å². The number of carbonyl (C=O) groups is 1. The van der Waals surface area contributed by atoms with E-state index in [4.69, 9.17) is 9.26 Å². The van der Waals surface area contributed by atoms with Crippen LogP contribution in [0.4, 0.5) is 5.69 Å². The first-order valence-electron chi connectivity index (χ1n) is 5.92. The fourth-order valence-corrected chi connectivity index (χ4v) is 1.72. The van der Waals surface area contributed by atoms with Gasteiger partial charge in [-0.25, -0.2) is 4.98 Å². The van der Waals surface area contributed by atoms with E-state index in [-0.39, 0.29) is 5.91 Å². The lowest BCUT2D eigenvalue weighted by Crippen LogP contribution is -2.14. The van der Waals surface area contributed by atoms with Crippen LogP contribution in [0, 0.1) is 6.92 Å². The number of nitrogens with one attached hydrogen (secondary N) is 1. The lowest BCUT2D eigenvalue weighted by atomic mass is 10.1. The van der Waals surface area contributed by atoms with Crippen molar-refractivity contribution in [1.82, 2.24) is 10.1 Å². The Kier molecular flexibility index (Phi) is 3.79. The molecule has 2 aromatic heterocycles. The molecule has 1 amide bonds. The number of carbonyl (C=O) groups excluding carboxylic acids is 1. The number of hydrogen-bond donors (Lipinski definition) is 1. The number of methoxy groups -OCH3 is 1. The molecular weight excluding hydrogens is 246 g/mol. The molecule has 6 heteroatoms. The monoisotopic (exact) mass is 261 g/mol.